The molecule has 0 bridgehead atoms. The van der Waals surface area contributed by atoms with E-state index in [1.165, 1.54) is 19.3 Å². The number of urea groups is 1. The van der Waals surface area contributed by atoms with Gasteiger partial charge in [-0.3, -0.25) is 10.1 Å². The van der Waals surface area contributed by atoms with Crippen LogP contribution in [0.4, 0.5) is 10.5 Å². The zero-order valence-electron chi connectivity index (χ0n) is 26.6. The van der Waals surface area contributed by atoms with Gasteiger partial charge in [-0.05, 0) is 75.8 Å². The maximum Gasteiger partial charge on any atom is 0.320 e. The molecule has 1 aliphatic carbocycles. The van der Waals surface area contributed by atoms with Crippen molar-refractivity contribution < 1.29 is 9.59 Å². The van der Waals surface area contributed by atoms with Gasteiger partial charge >= 0.3 is 6.03 Å². The molecule has 0 radical (unpaired) electrons. The van der Waals surface area contributed by atoms with Crippen LogP contribution in [0.1, 0.15) is 79.6 Å². The fraction of sp³-hybridized carbons (Fsp3) is 0.471. The van der Waals surface area contributed by atoms with Crippen molar-refractivity contribution in [3.8, 4) is 0 Å². The Bertz CT molecular complexity index is 1240. The Balaban J connectivity index is 2.38. The zero-order chi connectivity index (χ0) is 31.6. The van der Waals surface area contributed by atoms with Crippen molar-refractivity contribution in [3.63, 3.8) is 0 Å². The molecule has 9 nitrogen and oxygen atoms in total. The lowest BCUT2D eigenvalue weighted by Crippen LogP contribution is -2.48. The number of allylic oxidation sites excluding steroid dienone is 4. The number of carbonyl (C=O) groups is 2. The van der Waals surface area contributed by atoms with Gasteiger partial charge in [0.1, 0.15) is 11.5 Å². The van der Waals surface area contributed by atoms with Crippen LogP contribution >= 0.6 is 0 Å². The first kappa shape index (κ1) is 35.2. The van der Waals surface area contributed by atoms with Crippen LogP contribution in [0.3, 0.4) is 0 Å². The van der Waals surface area contributed by atoms with E-state index in [2.05, 4.69) is 40.9 Å². The zero-order valence-corrected chi connectivity index (χ0v) is 26.6. The van der Waals surface area contributed by atoms with Gasteiger partial charge in [0.2, 0.25) is 0 Å². The molecule has 1 aromatic carbocycles. The maximum absolute atomic E-state index is 13.3. The SMILES string of the molecule is C\C=C(/N=C(C)/C=C\C(=C/CCC)C(N)=C(CC)C(=Nc1ccccc1)NC(=O)N[C@@H](CC)CNCCC1CC1)C(N)=O. The molecule has 43 heavy (non-hydrogen) atoms. The third-order valence-corrected chi connectivity index (χ3v) is 7.13. The van der Waals surface area contributed by atoms with E-state index in [0.717, 1.165) is 37.3 Å². The van der Waals surface area contributed by atoms with Crippen molar-refractivity contribution in [2.24, 2.45) is 27.4 Å². The molecule has 1 fully saturated rings. The van der Waals surface area contributed by atoms with Crippen molar-refractivity contribution in [1.82, 2.24) is 16.0 Å². The van der Waals surface area contributed by atoms with Crippen LogP contribution in [0.2, 0.25) is 0 Å². The van der Waals surface area contributed by atoms with Crippen molar-refractivity contribution in [2.45, 2.75) is 85.6 Å². The van der Waals surface area contributed by atoms with Gasteiger partial charge in [-0.15, -0.1) is 0 Å². The van der Waals surface area contributed by atoms with Gasteiger partial charge in [0.05, 0.1) is 5.69 Å². The molecule has 0 aromatic heterocycles. The number of para-hydroxylation sites is 1. The van der Waals surface area contributed by atoms with Gasteiger partial charge in [0.15, 0.2) is 0 Å². The number of hydrogen-bond donors (Lipinski definition) is 5. The summed E-state index contributed by atoms with van der Waals surface area (Å²) < 4.78 is 0. The molecule has 9 heteroatoms. The second-order valence-corrected chi connectivity index (χ2v) is 10.8. The Labute approximate surface area is 257 Å². The standard InChI is InChI=1S/C34H51N7O2/c1-6-10-14-26(20-17-24(5)38-30(9-4)32(36)42)31(35)29(8-3)33(39-28-15-12-11-13-16-28)41-34(43)40-27(7-2)23-37-22-21-25-18-19-25/h9,11-17,20,25,27,37H,6-8,10,18-19,21-23,35H2,1-5H3,(H2,36,42)(H2,39,40,41,43)/b20-17-,26-14+,30-9-,31-29?,38-24+/t27-/m0/s1. The average Bonchev–Trinajstić information content (AvgIpc) is 3.82. The smallest absolute Gasteiger partial charge is 0.320 e. The van der Waals surface area contributed by atoms with Crippen LogP contribution in [0.5, 0.6) is 0 Å². The summed E-state index contributed by atoms with van der Waals surface area (Å²) in [5.41, 5.74) is 15.7. The number of unbranched alkanes of at least 4 members (excludes halogenated alkanes) is 1. The summed E-state index contributed by atoms with van der Waals surface area (Å²) >= 11 is 0. The Morgan fingerprint density at radius 2 is 1.81 bits per heavy atom. The highest BCUT2D eigenvalue weighted by atomic mass is 16.2. The minimum atomic E-state index is -0.588. The molecule has 1 aliphatic rings. The summed E-state index contributed by atoms with van der Waals surface area (Å²) in [7, 11) is 0. The van der Waals surface area contributed by atoms with E-state index < -0.39 is 5.91 Å². The Hall–Kier alpha value is -3.98. The monoisotopic (exact) mass is 589 g/mol. The fourth-order valence-electron chi connectivity index (χ4n) is 4.34. The summed E-state index contributed by atoms with van der Waals surface area (Å²) in [5, 5.41) is 9.58. The summed E-state index contributed by atoms with van der Waals surface area (Å²) in [6, 6.07) is 9.14. The first-order valence-electron chi connectivity index (χ1n) is 15.5. The largest absolute Gasteiger partial charge is 0.398 e. The van der Waals surface area contributed by atoms with Gasteiger partial charge in [0.25, 0.3) is 5.91 Å². The molecular formula is C34H51N7O2. The summed E-state index contributed by atoms with van der Waals surface area (Å²) in [5.74, 6) is 0.676. The van der Waals surface area contributed by atoms with E-state index in [1.807, 2.05) is 43.3 Å². The molecule has 3 amide bonds. The predicted molar refractivity (Wildman–Crippen MR) is 179 cm³/mol. The first-order valence-corrected chi connectivity index (χ1v) is 15.5. The number of carbonyl (C=O) groups excluding carboxylic acids is 2. The van der Waals surface area contributed by atoms with Crippen LogP contribution in [-0.2, 0) is 4.79 Å². The van der Waals surface area contributed by atoms with Gasteiger partial charge in [-0.2, -0.15) is 0 Å². The Morgan fingerprint density at radius 3 is 2.40 bits per heavy atom. The van der Waals surface area contributed by atoms with E-state index in [4.69, 9.17) is 16.5 Å². The number of nitrogens with two attached hydrogens (primary N) is 2. The topological polar surface area (TPSA) is 147 Å². The van der Waals surface area contributed by atoms with Crippen LogP contribution in [0.25, 0.3) is 0 Å². The summed E-state index contributed by atoms with van der Waals surface area (Å²) in [6.45, 7) is 11.3. The maximum atomic E-state index is 13.3. The van der Waals surface area contributed by atoms with E-state index in [0.29, 0.717) is 41.5 Å². The molecule has 1 aromatic rings. The van der Waals surface area contributed by atoms with E-state index >= 15 is 0 Å². The minimum Gasteiger partial charge on any atom is -0.398 e. The lowest BCUT2D eigenvalue weighted by Gasteiger charge is -2.20. The lowest BCUT2D eigenvalue weighted by atomic mass is 10.0. The molecule has 1 atom stereocenters. The fourth-order valence-corrected chi connectivity index (χ4v) is 4.34. The number of nitrogens with zero attached hydrogens (tertiary/aromatic N) is 2. The van der Waals surface area contributed by atoms with Crippen molar-refractivity contribution in [1.29, 1.82) is 0 Å². The Morgan fingerprint density at radius 1 is 1.09 bits per heavy atom. The van der Waals surface area contributed by atoms with Crippen LogP contribution in [0, 0.1) is 5.92 Å². The number of rotatable bonds is 17. The highest BCUT2D eigenvalue weighted by Gasteiger charge is 2.21. The molecule has 0 spiro atoms. The molecule has 2 rings (SSSR count). The number of hydrogen-bond acceptors (Lipinski definition) is 6. The third kappa shape index (κ3) is 13.2. The van der Waals surface area contributed by atoms with Crippen molar-refractivity contribution in [2.75, 3.05) is 13.1 Å². The summed E-state index contributed by atoms with van der Waals surface area (Å²) in [6.07, 6.45) is 14.2. The van der Waals surface area contributed by atoms with Gasteiger partial charge in [0, 0.05) is 29.6 Å². The van der Waals surface area contributed by atoms with Gasteiger partial charge < -0.3 is 22.1 Å². The Kier molecular flexibility index (Phi) is 15.8. The molecule has 7 N–H and O–H groups in total. The minimum absolute atomic E-state index is 0.0174. The number of amidine groups is 1. The van der Waals surface area contributed by atoms with Crippen molar-refractivity contribution >= 4 is 29.2 Å². The molecule has 1 saturated carbocycles. The number of amides is 3. The van der Waals surface area contributed by atoms with Gasteiger partial charge in [-0.1, -0.05) is 76.5 Å². The van der Waals surface area contributed by atoms with E-state index in [-0.39, 0.29) is 17.8 Å². The second kappa shape index (κ2) is 19.3. The molecule has 0 aliphatic heterocycles. The van der Waals surface area contributed by atoms with Crippen molar-refractivity contribution in [3.05, 3.63) is 77.2 Å². The predicted octanol–water partition coefficient (Wildman–Crippen LogP) is 5.94. The number of primary amides is 1. The van der Waals surface area contributed by atoms with E-state index in [9.17, 15) is 9.59 Å². The number of benzene rings is 1. The van der Waals surface area contributed by atoms with Crippen LogP contribution in [-0.4, -0.2) is 42.6 Å². The molecule has 234 valence electrons. The second-order valence-electron chi connectivity index (χ2n) is 10.8. The average molecular weight is 590 g/mol. The highest BCUT2D eigenvalue weighted by Crippen LogP contribution is 2.31. The molecular weight excluding hydrogens is 538 g/mol. The van der Waals surface area contributed by atoms with Gasteiger partial charge in [-0.25, -0.2) is 14.8 Å². The quantitative estimate of drug-likeness (QED) is 0.0503. The number of aliphatic imine (C=N–C) groups is 2. The molecule has 0 heterocycles. The molecule has 0 unspecified atom stereocenters. The highest BCUT2D eigenvalue weighted by molar-refractivity contribution is 6.09. The third-order valence-electron chi connectivity index (χ3n) is 7.13. The molecule has 0 saturated heterocycles. The van der Waals surface area contributed by atoms with Crippen LogP contribution < -0.4 is 27.4 Å². The summed E-state index contributed by atoms with van der Waals surface area (Å²) in [4.78, 5) is 34.0. The first-order chi connectivity index (χ1) is 20.7. The van der Waals surface area contributed by atoms with E-state index in [1.54, 1.807) is 26.0 Å². The lowest BCUT2D eigenvalue weighted by molar-refractivity contribution is -0.114. The normalized spacial score (nSPS) is 16.2. The van der Waals surface area contributed by atoms with Crippen LogP contribution in [0.15, 0.2) is 87.2 Å². The number of nitrogens with one attached hydrogen (secondary N) is 3.